The highest BCUT2D eigenvalue weighted by Gasteiger charge is 2.28. The van der Waals surface area contributed by atoms with Gasteiger partial charge in [-0.3, -0.25) is 4.79 Å². The Balaban J connectivity index is 1.40. The molecule has 0 radical (unpaired) electrons. The van der Waals surface area contributed by atoms with Gasteiger partial charge in [0.05, 0.1) is 16.3 Å². The molecule has 0 aliphatic carbocycles. The van der Waals surface area contributed by atoms with E-state index in [4.69, 9.17) is 23.2 Å². The number of nitrogens with zero attached hydrogens (tertiary/aromatic N) is 2. The van der Waals surface area contributed by atoms with Gasteiger partial charge in [-0.25, -0.2) is 16.8 Å². The van der Waals surface area contributed by atoms with Crippen LogP contribution < -0.4 is 5.32 Å². The zero-order chi connectivity index (χ0) is 28.0. The molecule has 39 heavy (non-hydrogen) atoms. The van der Waals surface area contributed by atoms with E-state index < -0.39 is 32.5 Å². The molecule has 0 spiro atoms. The van der Waals surface area contributed by atoms with E-state index in [0.717, 1.165) is 22.7 Å². The fourth-order valence-corrected chi connectivity index (χ4v) is 7.48. The molecule has 1 heterocycles. The summed E-state index contributed by atoms with van der Waals surface area (Å²) in [4.78, 5) is 13.1. The van der Waals surface area contributed by atoms with Crippen LogP contribution in [0.15, 0.2) is 82.6 Å². The summed E-state index contributed by atoms with van der Waals surface area (Å²) >= 11 is 12.2. The van der Waals surface area contributed by atoms with Gasteiger partial charge in [0.1, 0.15) is 0 Å². The predicted octanol–water partition coefficient (Wildman–Crippen LogP) is 4.33. The van der Waals surface area contributed by atoms with Crippen molar-refractivity contribution in [3.63, 3.8) is 0 Å². The Bertz CT molecular complexity index is 1510. The summed E-state index contributed by atoms with van der Waals surface area (Å²) in [6.07, 6.45) is 2.19. The Kier molecular flexibility index (Phi) is 9.69. The number of halogens is 2. The second-order valence-electron chi connectivity index (χ2n) is 9.17. The highest BCUT2D eigenvalue weighted by atomic mass is 35.5. The molecule has 0 unspecified atom stereocenters. The SMILES string of the molecule is O=C(CN(Cc1ccccc1Cl)S(=O)(=O)c1ccc(Cl)cc1)NCCc1ccc(S(=O)(=O)N2CCCC2)cc1. The number of sulfonamides is 2. The molecule has 1 amide bonds. The molecule has 8 nitrogen and oxygen atoms in total. The number of carbonyl (C=O) groups is 1. The summed E-state index contributed by atoms with van der Waals surface area (Å²) in [7, 11) is -7.52. The number of nitrogens with one attached hydrogen (secondary N) is 1. The number of amides is 1. The Labute approximate surface area is 239 Å². The normalized spacial score (nSPS) is 14.5. The van der Waals surface area contributed by atoms with Gasteiger partial charge < -0.3 is 5.32 Å². The van der Waals surface area contributed by atoms with Crippen LogP contribution in [0.4, 0.5) is 0 Å². The van der Waals surface area contributed by atoms with Gasteiger partial charge in [0.25, 0.3) is 0 Å². The van der Waals surface area contributed by atoms with E-state index in [2.05, 4.69) is 5.32 Å². The Morgan fingerprint density at radius 3 is 2.10 bits per heavy atom. The molecular weight excluding hydrogens is 581 g/mol. The molecule has 0 bridgehead atoms. The molecule has 0 saturated carbocycles. The van der Waals surface area contributed by atoms with E-state index >= 15 is 0 Å². The minimum Gasteiger partial charge on any atom is -0.355 e. The Morgan fingerprint density at radius 1 is 0.846 bits per heavy atom. The van der Waals surface area contributed by atoms with Crippen LogP contribution in [0.3, 0.4) is 0 Å². The quantitative estimate of drug-likeness (QED) is 0.348. The Morgan fingerprint density at radius 2 is 1.46 bits per heavy atom. The van der Waals surface area contributed by atoms with Gasteiger partial charge in [-0.05, 0) is 72.9 Å². The molecule has 1 saturated heterocycles. The van der Waals surface area contributed by atoms with Crippen molar-refractivity contribution in [3.05, 3.63) is 94.0 Å². The molecule has 0 aromatic heterocycles. The van der Waals surface area contributed by atoms with Gasteiger partial charge in [0.2, 0.25) is 26.0 Å². The summed E-state index contributed by atoms with van der Waals surface area (Å²) in [6.45, 7) is 0.820. The third kappa shape index (κ3) is 7.39. The van der Waals surface area contributed by atoms with E-state index in [1.165, 1.54) is 28.6 Å². The lowest BCUT2D eigenvalue weighted by molar-refractivity contribution is -0.121. The molecular formula is C27H29Cl2N3O5S2. The number of benzene rings is 3. The smallest absolute Gasteiger partial charge is 0.243 e. The number of hydrogen-bond donors (Lipinski definition) is 1. The minimum absolute atomic E-state index is 0.00993. The zero-order valence-corrected chi connectivity index (χ0v) is 24.2. The summed E-state index contributed by atoms with van der Waals surface area (Å²) in [5, 5.41) is 3.55. The summed E-state index contributed by atoms with van der Waals surface area (Å²) < 4.78 is 54.8. The van der Waals surface area contributed by atoms with Crippen LogP contribution in [-0.2, 0) is 37.8 Å². The largest absolute Gasteiger partial charge is 0.355 e. The fraction of sp³-hybridized carbons (Fsp3) is 0.296. The van der Waals surface area contributed by atoms with E-state index in [9.17, 15) is 21.6 Å². The number of hydrogen-bond acceptors (Lipinski definition) is 5. The van der Waals surface area contributed by atoms with Crippen molar-refractivity contribution in [2.75, 3.05) is 26.2 Å². The van der Waals surface area contributed by atoms with Gasteiger partial charge in [-0.1, -0.05) is 53.5 Å². The van der Waals surface area contributed by atoms with Crippen LogP contribution in [0.25, 0.3) is 0 Å². The molecule has 1 aliphatic heterocycles. The van der Waals surface area contributed by atoms with E-state index in [1.54, 1.807) is 48.5 Å². The molecule has 208 valence electrons. The average Bonchev–Trinajstić information content (AvgIpc) is 3.46. The van der Waals surface area contributed by atoms with Crippen molar-refractivity contribution in [3.8, 4) is 0 Å². The predicted molar refractivity (Wildman–Crippen MR) is 152 cm³/mol. The van der Waals surface area contributed by atoms with Crippen molar-refractivity contribution >= 4 is 49.2 Å². The van der Waals surface area contributed by atoms with Crippen LogP contribution in [0.1, 0.15) is 24.0 Å². The maximum Gasteiger partial charge on any atom is 0.243 e. The number of rotatable bonds is 11. The monoisotopic (exact) mass is 609 g/mol. The maximum absolute atomic E-state index is 13.4. The van der Waals surface area contributed by atoms with Crippen LogP contribution in [-0.4, -0.2) is 57.5 Å². The van der Waals surface area contributed by atoms with Crippen molar-refractivity contribution in [1.82, 2.24) is 13.9 Å². The lowest BCUT2D eigenvalue weighted by Gasteiger charge is -2.22. The van der Waals surface area contributed by atoms with Crippen LogP contribution in [0.5, 0.6) is 0 Å². The van der Waals surface area contributed by atoms with Gasteiger partial charge in [0, 0.05) is 36.2 Å². The van der Waals surface area contributed by atoms with Gasteiger partial charge in [-0.2, -0.15) is 8.61 Å². The molecule has 1 fully saturated rings. The van der Waals surface area contributed by atoms with Crippen molar-refractivity contribution in [2.45, 2.75) is 35.6 Å². The third-order valence-electron chi connectivity index (χ3n) is 6.44. The highest BCUT2D eigenvalue weighted by Crippen LogP contribution is 2.24. The first-order chi connectivity index (χ1) is 18.6. The summed E-state index contributed by atoms with van der Waals surface area (Å²) in [6, 6.07) is 19.2. The summed E-state index contributed by atoms with van der Waals surface area (Å²) in [5.74, 6) is -0.479. The van der Waals surface area contributed by atoms with Crippen molar-refractivity contribution < 1.29 is 21.6 Å². The molecule has 12 heteroatoms. The van der Waals surface area contributed by atoms with E-state index in [1.807, 2.05) is 0 Å². The van der Waals surface area contributed by atoms with Crippen LogP contribution in [0, 0.1) is 0 Å². The molecule has 4 rings (SSSR count). The lowest BCUT2D eigenvalue weighted by atomic mass is 10.1. The lowest BCUT2D eigenvalue weighted by Crippen LogP contribution is -2.40. The first-order valence-corrected chi connectivity index (χ1v) is 16.1. The topological polar surface area (TPSA) is 104 Å². The van der Waals surface area contributed by atoms with Gasteiger partial charge in [-0.15, -0.1) is 0 Å². The van der Waals surface area contributed by atoms with E-state index in [0.29, 0.717) is 35.1 Å². The number of carbonyl (C=O) groups excluding carboxylic acids is 1. The standard InChI is InChI=1S/C27H29Cl2N3O5S2/c28-23-9-13-25(14-10-23)39(36,37)32(19-22-5-1-2-6-26(22)29)20-27(33)30-16-15-21-7-11-24(12-8-21)38(34,35)31-17-3-4-18-31/h1-2,5-14H,3-4,15-20H2,(H,30,33). The van der Waals surface area contributed by atoms with Gasteiger partial charge >= 0.3 is 0 Å². The molecule has 3 aromatic rings. The second-order valence-corrected chi connectivity index (χ2v) is 13.9. The highest BCUT2D eigenvalue weighted by molar-refractivity contribution is 7.89. The van der Waals surface area contributed by atoms with E-state index in [-0.39, 0.29) is 22.9 Å². The van der Waals surface area contributed by atoms with Crippen molar-refractivity contribution in [1.29, 1.82) is 0 Å². The molecule has 3 aromatic carbocycles. The zero-order valence-electron chi connectivity index (χ0n) is 21.1. The Hall–Kier alpha value is -2.47. The minimum atomic E-state index is -4.04. The van der Waals surface area contributed by atoms with Crippen molar-refractivity contribution in [2.24, 2.45) is 0 Å². The maximum atomic E-state index is 13.4. The fourth-order valence-electron chi connectivity index (χ4n) is 4.27. The van der Waals surface area contributed by atoms with Gasteiger partial charge in [0.15, 0.2) is 0 Å². The second kappa shape index (κ2) is 12.8. The first kappa shape index (κ1) is 29.5. The molecule has 0 atom stereocenters. The molecule has 1 aliphatic rings. The third-order valence-corrected chi connectivity index (χ3v) is 10.8. The average molecular weight is 611 g/mol. The first-order valence-electron chi connectivity index (χ1n) is 12.4. The van der Waals surface area contributed by atoms with Crippen LogP contribution in [0.2, 0.25) is 10.0 Å². The molecule has 1 N–H and O–H groups in total. The summed E-state index contributed by atoms with van der Waals surface area (Å²) in [5.41, 5.74) is 1.41. The van der Waals surface area contributed by atoms with Crippen LogP contribution >= 0.6 is 23.2 Å².